The van der Waals surface area contributed by atoms with Crippen LogP contribution in [0.5, 0.6) is 5.75 Å². The number of ether oxygens (including phenoxy) is 3. The molecule has 0 spiro atoms. The van der Waals surface area contributed by atoms with Gasteiger partial charge in [-0.25, -0.2) is 4.79 Å². The molecular formula is C22H25N3O4S. The number of hydrogen-bond donors (Lipinski definition) is 2. The van der Waals surface area contributed by atoms with E-state index in [4.69, 9.17) is 26.4 Å². The highest BCUT2D eigenvalue weighted by Crippen LogP contribution is 2.18. The molecule has 0 aliphatic carbocycles. The predicted molar refractivity (Wildman–Crippen MR) is 119 cm³/mol. The maximum atomic E-state index is 11.5. The number of esters is 1. The van der Waals surface area contributed by atoms with E-state index in [9.17, 15) is 4.79 Å². The molecule has 2 N–H and O–H groups in total. The lowest BCUT2D eigenvalue weighted by Crippen LogP contribution is -2.37. The fourth-order valence-corrected chi connectivity index (χ4v) is 3.08. The molecule has 30 heavy (non-hydrogen) atoms. The van der Waals surface area contributed by atoms with Crippen molar-refractivity contribution in [3.8, 4) is 5.75 Å². The van der Waals surface area contributed by atoms with Gasteiger partial charge in [-0.3, -0.25) is 5.43 Å². The first-order chi connectivity index (χ1) is 14.7. The quantitative estimate of drug-likeness (QED) is 0.290. The summed E-state index contributed by atoms with van der Waals surface area (Å²) in [7, 11) is 1.36. The summed E-state index contributed by atoms with van der Waals surface area (Å²) >= 11 is 5.23. The number of nitrogens with one attached hydrogen (secondary N) is 2. The van der Waals surface area contributed by atoms with Crippen LogP contribution in [0.3, 0.4) is 0 Å². The first-order valence-electron chi connectivity index (χ1n) is 9.73. The van der Waals surface area contributed by atoms with Gasteiger partial charge in [-0.15, -0.1) is 0 Å². The molecule has 3 rings (SSSR count). The Morgan fingerprint density at radius 3 is 2.80 bits per heavy atom. The van der Waals surface area contributed by atoms with Gasteiger partial charge in [0.05, 0.1) is 25.0 Å². The van der Waals surface area contributed by atoms with Crippen molar-refractivity contribution in [2.24, 2.45) is 5.10 Å². The number of methoxy groups -OCH3 is 1. The lowest BCUT2D eigenvalue weighted by Gasteiger charge is -2.12. The summed E-state index contributed by atoms with van der Waals surface area (Å²) in [5, 5.41) is 7.75. The molecule has 158 valence electrons. The molecule has 0 radical (unpaired) electrons. The molecule has 1 unspecified atom stereocenters. The lowest BCUT2D eigenvalue weighted by molar-refractivity contribution is 0.0600. The Bertz CT molecular complexity index is 880. The summed E-state index contributed by atoms with van der Waals surface area (Å²) < 4.78 is 16.2. The summed E-state index contributed by atoms with van der Waals surface area (Å²) in [4.78, 5) is 11.5. The predicted octanol–water partition coefficient (Wildman–Crippen LogP) is 3.03. The van der Waals surface area contributed by atoms with Crippen LogP contribution in [0.1, 0.15) is 34.3 Å². The largest absolute Gasteiger partial charge is 0.488 e. The number of benzene rings is 2. The van der Waals surface area contributed by atoms with E-state index in [0.29, 0.717) is 29.6 Å². The molecule has 1 atom stereocenters. The van der Waals surface area contributed by atoms with Crippen molar-refractivity contribution in [2.45, 2.75) is 25.6 Å². The molecule has 1 fully saturated rings. The first kappa shape index (κ1) is 21.7. The van der Waals surface area contributed by atoms with Crippen LogP contribution < -0.4 is 15.5 Å². The van der Waals surface area contributed by atoms with Crippen LogP contribution in [0.25, 0.3) is 0 Å². The highest BCUT2D eigenvalue weighted by atomic mass is 32.1. The molecule has 0 aromatic heterocycles. The van der Waals surface area contributed by atoms with Crippen LogP contribution >= 0.6 is 12.2 Å². The molecule has 1 aliphatic heterocycles. The van der Waals surface area contributed by atoms with Crippen LogP contribution in [0.15, 0.2) is 53.6 Å². The zero-order chi connectivity index (χ0) is 21.2. The molecule has 1 heterocycles. The average molecular weight is 428 g/mol. The fourth-order valence-electron chi connectivity index (χ4n) is 2.95. The summed E-state index contributed by atoms with van der Waals surface area (Å²) in [5.74, 6) is 0.332. The highest BCUT2D eigenvalue weighted by Gasteiger charge is 2.15. The molecule has 1 saturated heterocycles. The van der Waals surface area contributed by atoms with Gasteiger partial charge in [-0.1, -0.05) is 24.3 Å². The van der Waals surface area contributed by atoms with E-state index in [1.54, 1.807) is 18.3 Å². The van der Waals surface area contributed by atoms with Crippen molar-refractivity contribution in [3.05, 3.63) is 65.2 Å². The number of carbonyl (C=O) groups is 1. The summed E-state index contributed by atoms with van der Waals surface area (Å²) in [6, 6.07) is 14.7. The van der Waals surface area contributed by atoms with Gasteiger partial charge >= 0.3 is 5.97 Å². The maximum absolute atomic E-state index is 11.5. The van der Waals surface area contributed by atoms with E-state index in [0.717, 1.165) is 30.6 Å². The van der Waals surface area contributed by atoms with Crippen LogP contribution in [-0.4, -0.2) is 43.7 Å². The number of nitrogens with zero attached hydrogens (tertiary/aromatic N) is 1. The van der Waals surface area contributed by atoms with E-state index < -0.39 is 0 Å². The Hall–Kier alpha value is -2.97. The minimum atomic E-state index is -0.361. The first-order valence-corrected chi connectivity index (χ1v) is 10.1. The Morgan fingerprint density at radius 2 is 2.07 bits per heavy atom. The van der Waals surface area contributed by atoms with Gasteiger partial charge in [0.25, 0.3) is 0 Å². The molecule has 2 aromatic carbocycles. The number of rotatable bonds is 8. The number of thiocarbonyl (C=S) groups is 1. The number of hydrazone groups is 1. The van der Waals surface area contributed by atoms with Crippen LogP contribution in [0.4, 0.5) is 0 Å². The van der Waals surface area contributed by atoms with E-state index in [2.05, 4.69) is 15.8 Å². The van der Waals surface area contributed by atoms with Crippen LogP contribution in [-0.2, 0) is 16.1 Å². The highest BCUT2D eigenvalue weighted by molar-refractivity contribution is 7.80. The van der Waals surface area contributed by atoms with Gasteiger partial charge in [0.1, 0.15) is 12.4 Å². The van der Waals surface area contributed by atoms with Crippen LogP contribution in [0.2, 0.25) is 0 Å². The second-order valence-corrected chi connectivity index (χ2v) is 7.14. The number of para-hydroxylation sites is 1. The molecule has 0 bridgehead atoms. The second kappa shape index (κ2) is 11.3. The molecule has 1 aliphatic rings. The van der Waals surface area contributed by atoms with E-state index in [-0.39, 0.29) is 12.1 Å². The Morgan fingerprint density at radius 1 is 1.27 bits per heavy atom. The van der Waals surface area contributed by atoms with E-state index in [1.165, 1.54) is 7.11 Å². The number of carbonyl (C=O) groups excluding carboxylic acids is 1. The van der Waals surface area contributed by atoms with Crippen LogP contribution in [0, 0.1) is 0 Å². The Balaban J connectivity index is 1.50. The topological polar surface area (TPSA) is 81.2 Å². The van der Waals surface area contributed by atoms with E-state index >= 15 is 0 Å². The van der Waals surface area contributed by atoms with Gasteiger partial charge in [-0.2, -0.15) is 5.10 Å². The van der Waals surface area contributed by atoms with Crippen molar-refractivity contribution in [3.63, 3.8) is 0 Å². The Kier molecular flexibility index (Phi) is 8.17. The average Bonchev–Trinajstić information content (AvgIpc) is 3.30. The zero-order valence-electron chi connectivity index (χ0n) is 16.8. The molecule has 7 nitrogen and oxygen atoms in total. The van der Waals surface area contributed by atoms with Gasteiger partial charge in [0.2, 0.25) is 0 Å². The van der Waals surface area contributed by atoms with E-state index in [1.807, 2.05) is 36.4 Å². The summed E-state index contributed by atoms with van der Waals surface area (Å²) in [5.41, 5.74) is 5.07. The third-order valence-electron chi connectivity index (χ3n) is 4.57. The van der Waals surface area contributed by atoms with Gasteiger partial charge in [-0.05, 0) is 54.9 Å². The van der Waals surface area contributed by atoms with Crippen molar-refractivity contribution >= 4 is 29.5 Å². The zero-order valence-corrected chi connectivity index (χ0v) is 17.6. The SMILES string of the molecule is COC(=O)c1ccc(COc2ccccc2/C=N/NC(=S)NCC2CCCO2)cc1. The third-order valence-corrected chi connectivity index (χ3v) is 4.81. The smallest absolute Gasteiger partial charge is 0.337 e. The Labute approximate surface area is 181 Å². The minimum absolute atomic E-state index is 0.213. The molecular weight excluding hydrogens is 402 g/mol. The molecule has 8 heteroatoms. The standard InChI is InChI=1S/C22H25N3O4S/c1-27-21(26)17-10-8-16(9-11-17)15-29-20-7-3-2-5-18(20)13-24-25-22(30)23-14-19-6-4-12-28-19/h2-3,5,7-11,13,19H,4,6,12,14-15H2,1H3,(H2,23,25,30)/b24-13+. The van der Waals surface area contributed by atoms with Crippen molar-refractivity contribution in [1.29, 1.82) is 0 Å². The van der Waals surface area contributed by atoms with Gasteiger partial charge in [0.15, 0.2) is 5.11 Å². The third kappa shape index (κ3) is 6.53. The van der Waals surface area contributed by atoms with Crippen molar-refractivity contribution < 1.29 is 19.0 Å². The van der Waals surface area contributed by atoms with Gasteiger partial charge in [0, 0.05) is 18.7 Å². The molecule has 0 saturated carbocycles. The summed E-state index contributed by atoms with van der Waals surface area (Å²) in [6.45, 7) is 1.85. The van der Waals surface area contributed by atoms with Crippen molar-refractivity contribution in [2.75, 3.05) is 20.3 Å². The maximum Gasteiger partial charge on any atom is 0.337 e. The van der Waals surface area contributed by atoms with Gasteiger partial charge < -0.3 is 19.5 Å². The number of hydrogen-bond acceptors (Lipinski definition) is 6. The minimum Gasteiger partial charge on any atom is -0.488 e. The second-order valence-electron chi connectivity index (χ2n) is 6.73. The summed E-state index contributed by atoms with van der Waals surface area (Å²) in [6.07, 6.45) is 4.02. The molecule has 2 aromatic rings. The lowest BCUT2D eigenvalue weighted by atomic mass is 10.1. The monoisotopic (exact) mass is 427 g/mol. The van der Waals surface area contributed by atoms with Crippen molar-refractivity contribution in [1.82, 2.24) is 10.7 Å². The normalized spacial score (nSPS) is 15.7. The molecule has 0 amide bonds. The fraction of sp³-hybridized carbons (Fsp3) is 0.318.